The Hall–Kier alpha value is -3.13. The molecular formula is C25H26FN3O3S. The van der Waals surface area contributed by atoms with Crippen molar-refractivity contribution in [3.05, 3.63) is 81.4 Å². The fourth-order valence-electron chi connectivity index (χ4n) is 3.91. The molecule has 1 atom stereocenters. The highest BCUT2D eigenvalue weighted by Crippen LogP contribution is 2.39. The predicted octanol–water partition coefficient (Wildman–Crippen LogP) is 4.86. The number of thioether (sulfide) groups is 1. The molecule has 1 aromatic heterocycles. The summed E-state index contributed by atoms with van der Waals surface area (Å²) in [6.45, 7) is 2.66. The maximum atomic E-state index is 14.0. The molecule has 2 heterocycles. The monoisotopic (exact) mass is 467 g/mol. The van der Waals surface area contributed by atoms with Gasteiger partial charge in [0.25, 0.3) is 5.56 Å². The van der Waals surface area contributed by atoms with Crippen molar-refractivity contribution in [3.8, 4) is 5.75 Å². The molecular weight excluding hydrogens is 441 g/mol. The van der Waals surface area contributed by atoms with Crippen LogP contribution in [0.1, 0.15) is 48.8 Å². The van der Waals surface area contributed by atoms with Gasteiger partial charge in [0.05, 0.1) is 12.2 Å². The maximum absolute atomic E-state index is 14.0. The van der Waals surface area contributed by atoms with E-state index in [9.17, 15) is 14.0 Å². The van der Waals surface area contributed by atoms with Crippen LogP contribution in [0.2, 0.25) is 0 Å². The van der Waals surface area contributed by atoms with E-state index in [0.717, 1.165) is 18.4 Å². The summed E-state index contributed by atoms with van der Waals surface area (Å²) in [5, 5.41) is 3.26. The zero-order valence-electron chi connectivity index (χ0n) is 18.6. The molecule has 33 heavy (non-hydrogen) atoms. The van der Waals surface area contributed by atoms with Gasteiger partial charge in [-0.25, -0.2) is 4.39 Å². The topological polar surface area (TPSA) is 73.2 Å². The van der Waals surface area contributed by atoms with Gasteiger partial charge in [0.1, 0.15) is 17.4 Å². The molecule has 0 aliphatic carbocycles. The second-order valence-electron chi connectivity index (χ2n) is 7.95. The van der Waals surface area contributed by atoms with Crippen molar-refractivity contribution in [1.29, 1.82) is 0 Å². The molecule has 0 fully saturated rings. The Morgan fingerprint density at radius 1 is 1.18 bits per heavy atom. The average molecular weight is 468 g/mol. The van der Waals surface area contributed by atoms with Gasteiger partial charge in [-0.1, -0.05) is 61.5 Å². The van der Waals surface area contributed by atoms with Gasteiger partial charge in [-0.05, 0) is 24.1 Å². The maximum Gasteiger partial charge on any atom is 0.279 e. The van der Waals surface area contributed by atoms with Crippen LogP contribution in [0.4, 0.5) is 10.2 Å². The SMILES string of the molecule is CCCCOc1ccccc1[C@H]1CC(=O)Nc2c1c(=O)nc(SCc1ccccc1F)n2C. The molecule has 0 spiro atoms. The Morgan fingerprint density at radius 2 is 1.94 bits per heavy atom. The van der Waals surface area contributed by atoms with Crippen molar-refractivity contribution in [2.75, 3.05) is 11.9 Å². The van der Waals surface area contributed by atoms with Crippen LogP contribution in [0.3, 0.4) is 0 Å². The third-order valence-electron chi connectivity index (χ3n) is 5.67. The third-order valence-corrected chi connectivity index (χ3v) is 6.74. The molecule has 0 saturated heterocycles. The molecule has 0 radical (unpaired) electrons. The molecule has 8 heteroatoms. The first-order valence-electron chi connectivity index (χ1n) is 11.0. The first-order chi connectivity index (χ1) is 16.0. The van der Waals surface area contributed by atoms with Crippen molar-refractivity contribution in [1.82, 2.24) is 9.55 Å². The summed E-state index contributed by atoms with van der Waals surface area (Å²) in [6.07, 6.45) is 2.07. The number of ether oxygens (including phenoxy) is 1. The molecule has 172 valence electrons. The van der Waals surface area contributed by atoms with E-state index in [1.165, 1.54) is 17.8 Å². The highest BCUT2D eigenvalue weighted by Gasteiger charge is 2.33. The van der Waals surface area contributed by atoms with Crippen molar-refractivity contribution >= 4 is 23.5 Å². The summed E-state index contributed by atoms with van der Waals surface area (Å²) >= 11 is 1.25. The fraction of sp³-hybridized carbons (Fsp3) is 0.320. The van der Waals surface area contributed by atoms with Crippen LogP contribution in [0, 0.1) is 5.82 Å². The van der Waals surface area contributed by atoms with Crippen LogP contribution >= 0.6 is 11.8 Å². The number of fused-ring (bicyclic) bond motifs is 1. The molecule has 3 aromatic rings. The summed E-state index contributed by atoms with van der Waals surface area (Å²) in [4.78, 5) is 30.1. The summed E-state index contributed by atoms with van der Waals surface area (Å²) < 4.78 is 21.7. The minimum absolute atomic E-state index is 0.139. The van der Waals surface area contributed by atoms with E-state index in [-0.39, 0.29) is 18.1 Å². The average Bonchev–Trinajstić information content (AvgIpc) is 2.81. The van der Waals surface area contributed by atoms with Gasteiger partial charge in [0.2, 0.25) is 5.91 Å². The second kappa shape index (κ2) is 10.2. The zero-order valence-corrected chi connectivity index (χ0v) is 19.5. The van der Waals surface area contributed by atoms with E-state index in [2.05, 4.69) is 17.2 Å². The van der Waals surface area contributed by atoms with Crippen molar-refractivity contribution < 1.29 is 13.9 Å². The number of para-hydroxylation sites is 1. The van der Waals surface area contributed by atoms with Crippen LogP contribution in [0.5, 0.6) is 5.75 Å². The van der Waals surface area contributed by atoms with Crippen molar-refractivity contribution in [2.45, 2.75) is 43.0 Å². The fourth-order valence-corrected chi connectivity index (χ4v) is 4.87. The summed E-state index contributed by atoms with van der Waals surface area (Å²) in [5.74, 6) is 0.482. The molecule has 1 aliphatic rings. The van der Waals surface area contributed by atoms with E-state index in [4.69, 9.17) is 4.74 Å². The molecule has 6 nitrogen and oxygen atoms in total. The Bertz CT molecular complexity index is 1230. The van der Waals surface area contributed by atoms with E-state index in [1.54, 1.807) is 29.8 Å². The molecule has 0 saturated carbocycles. The highest BCUT2D eigenvalue weighted by molar-refractivity contribution is 7.98. The molecule has 1 aliphatic heterocycles. The number of anilines is 1. The van der Waals surface area contributed by atoms with Gasteiger partial charge in [0, 0.05) is 30.7 Å². The van der Waals surface area contributed by atoms with Gasteiger partial charge in [-0.15, -0.1) is 0 Å². The number of aromatic nitrogens is 2. The van der Waals surface area contributed by atoms with E-state index < -0.39 is 11.5 Å². The van der Waals surface area contributed by atoms with Gasteiger partial charge >= 0.3 is 0 Å². The van der Waals surface area contributed by atoms with Gasteiger partial charge in [-0.2, -0.15) is 4.98 Å². The van der Waals surface area contributed by atoms with Gasteiger partial charge in [-0.3, -0.25) is 9.59 Å². The Labute approximate surface area is 196 Å². The lowest BCUT2D eigenvalue weighted by Gasteiger charge is -2.28. The predicted molar refractivity (Wildman–Crippen MR) is 127 cm³/mol. The minimum Gasteiger partial charge on any atom is -0.493 e. The number of carbonyl (C=O) groups is 1. The molecule has 1 N–H and O–H groups in total. The number of halogens is 1. The van der Waals surface area contributed by atoms with Crippen LogP contribution in [-0.2, 0) is 17.6 Å². The lowest BCUT2D eigenvalue weighted by molar-refractivity contribution is -0.116. The quantitative estimate of drug-likeness (QED) is 0.291. The number of benzene rings is 2. The Morgan fingerprint density at radius 3 is 2.73 bits per heavy atom. The number of nitrogens with one attached hydrogen (secondary N) is 1. The first-order valence-corrected chi connectivity index (χ1v) is 12.0. The van der Waals surface area contributed by atoms with Crippen molar-refractivity contribution in [2.24, 2.45) is 7.05 Å². The highest BCUT2D eigenvalue weighted by atomic mass is 32.2. The number of rotatable bonds is 8. The van der Waals surface area contributed by atoms with E-state index in [1.807, 2.05) is 24.3 Å². The lowest BCUT2D eigenvalue weighted by atomic mass is 9.86. The van der Waals surface area contributed by atoms with Crippen LogP contribution < -0.4 is 15.6 Å². The summed E-state index contributed by atoms with van der Waals surface area (Å²) in [5.41, 5.74) is 1.37. The van der Waals surface area contributed by atoms with Gasteiger partial charge < -0.3 is 14.6 Å². The third kappa shape index (κ3) is 4.95. The minimum atomic E-state index is -0.455. The standard InChI is InChI=1S/C25H26FN3O3S/c1-3-4-13-32-20-12-8-6-10-17(20)18-14-21(30)27-23-22(18)24(31)28-25(29(23)2)33-15-16-9-5-7-11-19(16)26/h5-12,18H,3-4,13-15H2,1-2H3,(H,27,30)/t18-/m1/s1. The molecule has 0 unspecified atom stereocenters. The second-order valence-corrected chi connectivity index (χ2v) is 8.89. The van der Waals surface area contributed by atoms with Crippen LogP contribution in [-0.4, -0.2) is 22.1 Å². The largest absolute Gasteiger partial charge is 0.493 e. The number of amides is 1. The Kier molecular flexibility index (Phi) is 7.13. The van der Waals surface area contributed by atoms with Crippen molar-refractivity contribution in [3.63, 3.8) is 0 Å². The van der Waals surface area contributed by atoms with Crippen LogP contribution in [0.15, 0.2) is 58.5 Å². The molecule has 4 rings (SSSR count). The number of hydrogen-bond acceptors (Lipinski definition) is 5. The molecule has 1 amide bonds. The van der Waals surface area contributed by atoms with E-state index in [0.29, 0.717) is 40.2 Å². The molecule has 0 bridgehead atoms. The molecule has 2 aromatic carbocycles. The van der Waals surface area contributed by atoms with Gasteiger partial charge in [0.15, 0.2) is 5.16 Å². The zero-order chi connectivity index (χ0) is 23.4. The summed E-state index contributed by atoms with van der Waals surface area (Å²) in [7, 11) is 1.75. The lowest BCUT2D eigenvalue weighted by Crippen LogP contribution is -2.33. The number of carbonyl (C=O) groups excluding carboxylic acids is 1. The van der Waals surface area contributed by atoms with Crippen LogP contribution in [0.25, 0.3) is 0 Å². The number of unbranched alkanes of at least 4 members (excludes halogenated alkanes) is 1. The number of nitrogens with zero attached hydrogens (tertiary/aromatic N) is 2. The smallest absolute Gasteiger partial charge is 0.279 e. The van der Waals surface area contributed by atoms with E-state index >= 15 is 0 Å². The first kappa shape index (κ1) is 23.0. The number of hydrogen-bond donors (Lipinski definition) is 1. The normalized spacial score (nSPS) is 15.1. The summed E-state index contributed by atoms with van der Waals surface area (Å²) in [6, 6.07) is 14.0. The Balaban J connectivity index is 1.70.